The molecule has 1 aromatic heterocycles. The van der Waals surface area contributed by atoms with E-state index in [1.807, 2.05) is 48.0 Å². The smallest absolute Gasteiger partial charge is 0.251 e. The lowest BCUT2D eigenvalue weighted by atomic mass is 9.78. The number of benzene rings is 1. The fourth-order valence-corrected chi connectivity index (χ4v) is 4.88. The van der Waals surface area contributed by atoms with Gasteiger partial charge in [0.05, 0.1) is 0 Å². The number of hydrogen-bond donors (Lipinski definition) is 2. The summed E-state index contributed by atoms with van der Waals surface area (Å²) in [5.41, 5.74) is 0.778. The third-order valence-electron chi connectivity index (χ3n) is 6.34. The van der Waals surface area contributed by atoms with Crippen molar-refractivity contribution < 1.29 is 18.7 Å². The van der Waals surface area contributed by atoms with Crippen molar-refractivity contribution >= 4 is 17.2 Å². The van der Waals surface area contributed by atoms with Crippen molar-refractivity contribution in [1.29, 1.82) is 0 Å². The minimum absolute atomic E-state index is 0.0561. The van der Waals surface area contributed by atoms with Gasteiger partial charge in [0.15, 0.2) is 0 Å². The number of hydrogen-bond acceptors (Lipinski definition) is 4. The van der Waals surface area contributed by atoms with E-state index in [9.17, 15) is 18.7 Å². The van der Waals surface area contributed by atoms with Crippen LogP contribution in [0, 0.1) is 5.41 Å². The van der Waals surface area contributed by atoms with Crippen LogP contribution in [0.3, 0.4) is 0 Å². The zero-order valence-electron chi connectivity index (χ0n) is 17.7. The van der Waals surface area contributed by atoms with Gasteiger partial charge >= 0.3 is 0 Å². The molecule has 7 heteroatoms. The van der Waals surface area contributed by atoms with E-state index in [0.29, 0.717) is 25.8 Å². The maximum atomic E-state index is 14.4. The van der Waals surface area contributed by atoms with Crippen molar-refractivity contribution in [3.63, 3.8) is 0 Å². The molecule has 2 aromatic rings. The molecule has 0 saturated heterocycles. The Morgan fingerprint density at radius 2 is 1.93 bits per heavy atom. The number of rotatable bonds is 10. The molecule has 1 heterocycles. The molecule has 1 aromatic carbocycles. The van der Waals surface area contributed by atoms with E-state index < -0.39 is 17.3 Å². The number of amides is 1. The van der Waals surface area contributed by atoms with Crippen molar-refractivity contribution in [3.8, 4) is 5.75 Å². The Bertz CT molecular complexity index is 828. The van der Waals surface area contributed by atoms with Gasteiger partial charge in [-0.25, -0.2) is 8.78 Å². The van der Waals surface area contributed by atoms with Gasteiger partial charge in [0.2, 0.25) is 5.91 Å². The quantitative estimate of drug-likeness (QED) is 0.570. The topological polar surface area (TPSA) is 52.6 Å². The maximum absolute atomic E-state index is 14.4. The second kappa shape index (κ2) is 9.02. The summed E-state index contributed by atoms with van der Waals surface area (Å²) < 4.78 is 28.8. The number of nitrogens with one attached hydrogen (secondary N) is 1. The highest BCUT2D eigenvalue weighted by atomic mass is 32.1. The van der Waals surface area contributed by atoms with E-state index in [1.54, 1.807) is 12.1 Å². The van der Waals surface area contributed by atoms with E-state index in [4.69, 9.17) is 0 Å². The highest BCUT2D eigenvalue weighted by Gasteiger charge is 2.63. The minimum atomic E-state index is -2.81. The number of likely N-dealkylation sites (N-methyl/N-ethyl adjacent to an activating group) is 1. The molecule has 4 nitrogen and oxygen atoms in total. The molecule has 0 aliphatic heterocycles. The van der Waals surface area contributed by atoms with Crippen molar-refractivity contribution in [2.45, 2.75) is 50.5 Å². The highest BCUT2D eigenvalue weighted by molar-refractivity contribution is 7.08. The number of nitrogens with zero attached hydrogens (tertiary/aromatic N) is 1. The average Bonchev–Trinajstić information content (AvgIpc) is 3.32. The van der Waals surface area contributed by atoms with Gasteiger partial charge in [-0.1, -0.05) is 12.1 Å². The zero-order valence-corrected chi connectivity index (χ0v) is 18.5. The molecule has 0 spiro atoms. The summed E-state index contributed by atoms with van der Waals surface area (Å²) in [5.74, 6) is -3.27. The Hall–Kier alpha value is -1.99. The average molecular weight is 437 g/mol. The Kier molecular flexibility index (Phi) is 6.82. The van der Waals surface area contributed by atoms with Gasteiger partial charge in [-0.3, -0.25) is 4.79 Å². The zero-order chi connectivity index (χ0) is 21.9. The summed E-state index contributed by atoms with van der Waals surface area (Å²) in [5, 5.41) is 16.2. The molecule has 2 atom stereocenters. The first-order chi connectivity index (χ1) is 14.1. The number of halogens is 2. The lowest BCUT2D eigenvalue weighted by molar-refractivity contribution is -0.123. The van der Waals surface area contributed by atoms with Crippen LogP contribution >= 0.6 is 11.3 Å². The fourth-order valence-electron chi connectivity index (χ4n) is 4.16. The largest absolute Gasteiger partial charge is 0.508 e. The number of carbonyl (C=O) groups is 1. The van der Waals surface area contributed by atoms with Gasteiger partial charge in [0.25, 0.3) is 5.92 Å². The highest BCUT2D eigenvalue weighted by Crippen LogP contribution is 2.65. The second-order valence-electron chi connectivity index (χ2n) is 8.65. The van der Waals surface area contributed by atoms with Gasteiger partial charge in [0.1, 0.15) is 5.75 Å². The molecule has 1 saturated carbocycles. The van der Waals surface area contributed by atoms with Crippen LogP contribution in [0.1, 0.15) is 43.2 Å². The Morgan fingerprint density at radius 3 is 2.43 bits per heavy atom. The minimum Gasteiger partial charge on any atom is -0.508 e. The predicted octanol–water partition coefficient (Wildman–Crippen LogP) is 4.65. The lowest BCUT2D eigenvalue weighted by Crippen LogP contribution is -2.42. The third kappa shape index (κ3) is 5.19. The molecule has 1 aliphatic rings. The van der Waals surface area contributed by atoms with E-state index in [1.165, 1.54) is 11.3 Å². The molecular formula is C23H30F2N2O2S. The second-order valence-corrected chi connectivity index (χ2v) is 9.43. The number of carbonyl (C=O) groups excluding carboxylic acids is 1. The Labute approximate surface area is 180 Å². The van der Waals surface area contributed by atoms with Gasteiger partial charge in [0, 0.05) is 30.3 Å². The molecular weight excluding hydrogens is 406 g/mol. The van der Waals surface area contributed by atoms with Crippen molar-refractivity contribution in [3.05, 3.63) is 52.2 Å². The molecule has 1 fully saturated rings. The van der Waals surface area contributed by atoms with Crippen LogP contribution in [0.25, 0.3) is 0 Å². The summed E-state index contributed by atoms with van der Waals surface area (Å²) in [6.45, 7) is 1.41. The SMILES string of the molecule is CN(C)[C@H](CNC(=O)C[C@@H](c1ccsc1)C1(C(C)(F)F)CC1)Cc1ccc(O)cc1. The van der Waals surface area contributed by atoms with E-state index in [2.05, 4.69) is 5.32 Å². The first-order valence-corrected chi connectivity index (χ1v) is 11.2. The van der Waals surface area contributed by atoms with Crippen molar-refractivity contribution in [2.24, 2.45) is 5.41 Å². The summed E-state index contributed by atoms with van der Waals surface area (Å²) in [6.07, 6.45) is 1.68. The normalized spacial score (nSPS) is 17.5. The molecule has 164 valence electrons. The number of thiophene rings is 1. The summed E-state index contributed by atoms with van der Waals surface area (Å²) in [4.78, 5) is 14.8. The monoisotopic (exact) mass is 436 g/mol. The molecule has 1 amide bonds. The summed E-state index contributed by atoms with van der Waals surface area (Å²) in [6, 6.07) is 8.93. The van der Waals surface area contributed by atoms with Crippen LogP contribution in [0.5, 0.6) is 5.75 Å². The van der Waals surface area contributed by atoms with Crippen molar-refractivity contribution in [1.82, 2.24) is 10.2 Å². The molecule has 30 heavy (non-hydrogen) atoms. The van der Waals surface area contributed by atoms with E-state index in [0.717, 1.165) is 18.1 Å². The van der Waals surface area contributed by atoms with Gasteiger partial charge in [-0.15, -0.1) is 0 Å². The van der Waals surface area contributed by atoms with Gasteiger partial charge in [-0.05, 0) is 80.4 Å². The van der Waals surface area contributed by atoms with Crippen LogP contribution in [0.15, 0.2) is 41.1 Å². The standard InChI is InChI=1S/C23H30F2N2O2S/c1-22(24,25)23(9-10-23)20(17-8-11-30-15-17)13-21(29)26-14-18(27(2)3)12-16-4-6-19(28)7-5-16/h4-8,11,15,18,20,28H,9-10,12-14H2,1-3H3,(H,26,29)/t18-,20-/m0/s1. The first kappa shape index (κ1) is 22.7. The number of aromatic hydroxyl groups is 1. The van der Waals surface area contributed by atoms with Crippen LogP contribution < -0.4 is 5.32 Å². The predicted molar refractivity (Wildman–Crippen MR) is 116 cm³/mol. The van der Waals surface area contributed by atoms with E-state index >= 15 is 0 Å². The molecule has 2 N–H and O–H groups in total. The molecule has 0 unspecified atom stereocenters. The third-order valence-corrected chi connectivity index (χ3v) is 7.04. The summed E-state index contributed by atoms with van der Waals surface area (Å²) >= 11 is 1.47. The molecule has 0 bridgehead atoms. The maximum Gasteiger partial charge on any atom is 0.251 e. The van der Waals surface area contributed by atoms with Crippen LogP contribution in [-0.4, -0.2) is 48.5 Å². The fraction of sp³-hybridized carbons (Fsp3) is 0.522. The number of phenols is 1. The molecule has 3 rings (SSSR count). The van der Waals surface area contributed by atoms with E-state index in [-0.39, 0.29) is 24.1 Å². The van der Waals surface area contributed by atoms with Gasteiger partial charge in [-0.2, -0.15) is 11.3 Å². The first-order valence-electron chi connectivity index (χ1n) is 10.2. The Morgan fingerprint density at radius 1 is 1.27 bits per heavy atom. The van der Waals surface area contributed by atoms with Crippen LogP contribution in [0.2, 0.25) is 0 Å². The lowest BCUT2D eigenvalue weighted by Gasteiger charge is -2.32. The molecule has 1 aliphatic carbocycles. The van der Waals surface area contributed by atoms with Crippen molar-refractivity contribution in [2.75, 3.05) is 20.6 Å². The van der Waals surface area contributed by atoms with Crippen LogP contribution in [0.4, 0.5) is 8.78 Å². The van der Waals surface area contributed by atoms with Crippen LogP contribution in [-0.2, 0) is 11.2 Å². The number of phenolic OH excluding ortho intramolecular Hbond substituents is 1. The van der Waals surface area contributed by atoms with Gasteiger partial charge < -0.3 is 15.3 Å². The number of alkyl halides is 2. The summed E-state index contributed by atoms with van der Waals surface area (Å²) in [7, 11) is 3.89. The Balaban J connectivity index is 1.64. The molecule has 0 radical (unpaired) electrons.